The molecular formula is C11H12N4O4S2. The molecule has 0 spiro atoms. The Hall–Kier alpha value is -2.04. The first-order chi connectivity index (χ1) is 9.90. The third-order valence-electron chi connectivity index (χ3n) is 2.63. The third kappa shape index (κ3) is 3.74. The summed E-state index contributed by atoms with van der Waals surface area (Å²) in [7, 11) is -3.80. The standard InChI is InChI=1S/C11H12N4O4S2/c12-11-9(15(16)17)7-10(20-11)21(18,19)14-6-3-8-1-4-13-5-2-8/h1-2,4-5,7,14H,3,6,12H2. The zero-order valence-corrected chi connectivity index (χ0v) is 12.4. The maximum absolute atomic E-state index is 12.0. The van der Waals surface area contributed by atoms with Gasteiger partial charge in [-0.05, 0) is 24.1 Å². The molecule has 21 heavy (non-hydrogen) atoms. The fourth-order valence-corrected chi connectivity index (χ4v) is 3.89. The van der Waals surface area contributed by atoms with E-state index in [4.69, 9.17) is 5.73 Å². The molecule has 2 aromatic heterocycles. The molecule has 2 aromatic rings. The van der Waals surface area contributed by atoms with Gasteiger partial charge in [0.25, 0.3) is 0 Å². The molecule has 0 amide bonds. The predicted molar refractivity (Wildman–Crippen MR) is 78.5 cm³/mol. The molecule has 0 aliphatic rings. The Morgan fingerprint density at radius 2 is 2.05 bits per heavy atom. The number of nitrogens with zero attached hydrogens (tertiary/aromatic N) is 2. The number of nitrogens with two attached hydrogens (primary N) is 1. The summed E-state index contributed by atoms with van der Waals surface area (Å²) in [5.41, 5.74) is 5.98. The summed E-state index contributed by atoms with van der Waals surface area (Å²) in [4.78, 5) is 13.8. The van der Waals surface area contributed by atoms with Crippen LogP contribution in [0, 0.1) is 10.1 Å². The molecule has 2 heterocycles. The molecule has 2 rings (SSSR count). The number of anilines is 1. The van der Waals surface area contributed by atoms with Crippen LogP contribution in [0.3, 0.4) is 0 Å². The van der Waals surface area contributed by atoms with Crippen LogP contribution in [0.25, 0.3) is 0 Å². The number of nitro groups is 1. The van der Waals surface area contributed by atoms with Gasteiger partial charge in [-0.1, -0.05) is 11.3 Å². The van der Waals surface area contributed by atoms with Crippen molar-refractivity contribution in [3.05, 3.63) is 46.3 Å². The van der Waals surface area contributed by atoms with Crippen molar-refractivity contribution in [1.29, 1.82) is 0 Å². The number of sulfonamides is 1. The summed E-state index contributed by atoms with van der Waals surface area (Å²) in [6, 6.07) is 4.53. The minimum atomic E-state index is -3.80. The quantitative estimate of drug-likeness (QED) is 0.604. The molecule has 0 saturated carbocycles. The van der Waals surface area contributed by atoms with E-state index in [2.05, 4.69) is 9.71 Å². The summed E-state index contributed by atoms with van der Waals surface area (Å²) in [6.07, 6.45) is 3.73. The molecule has 0 aliphatic carbocycles. The third-order valence-corrected chi connectivity index (χ3v) is 5.52. The first-order valence-electron chi connectivity index (χ1n) is 5.82. The van der Waals surface area contributed by atoms with Crippen LogP contribution in [0.5, 0.6) is 0 Å². The lowest BCUT2D eigenvalue weighted by Gasteiger charge is -2.04. The van der Waals surface area contributed by atoms with E-state index in [1.165, 1.54) is 0 Å². The highest BCUT2D eigenvalue weighted by Crippen LogP contribution is 2.34. The van der Waals surface area contributed by atoms with Crippen molar-refractivity contribution < 1.29 is 13.3 Å². The molecule has 0 aromatic carbocycles. The Morgan fingerprint density at radius 1 is 1.38 bits per heavy atom. The highest BCUT2D eigenvalue weighted by Gasteiger charge is 2.24. The second-order valence-corrected chi connectivity index (χ2v) is 7.15. The monoisotopic (exact) mass is 328 g/mol. The Labute approximate surface area is 124 Å². The van der Waals surface area contributed by atoms with E-state index in [1.807, 2.05) is 0 Å². The van der Waals surface area contributed by atoms with E-state index in [9.17, 15) is 18.5 Å². The number of thiophene rings is 1. The van der Waals surface area contributed by atoms with Crippen LogP contribution in [0.4, 0.5) is 10.7 Å². The summed E-state index contributed by atoms with van der Waals surface area (Å²) >= 11 is 0.672. The average Bonchev–Trinajstić information content (AvgIpc) is 2.83. The SMILES string of the molecule is Nc1sc(S(=O)(=O)NCCc2ccncc2)cc1[N+](=O)[O-]. The summed E-state index contributed by atoms with van der Waals surface area (Å²) < 4.78 is 26.3. The normalized spacial score (nSPS) is 11.4. The Morgan fingerprint density at radius 3 is 2.62 bits per heavy atom. The molecule has 0 saturated heterocycles. The minimum absolute atomic E-state index is 0.130. The summed E-state index contributed by atoms with van der Waals surface area (Å²) in [5.74, 6) is 0. The number of aromatic nitrogens is 1. The van der Waals surface area contributed by atoms with Crippen molar-refractivity contribution in [3.8, 4) is 0 Å². The molecule has 0 bridgehead atoms. The van der Waals surface area contributed by atoms with Crippen LogP contribution < -0.4 is 10.5 Å². The van der Waals surface area contributed by atoms with E-state index in [0.717, 1.165) is 11.6 Å². The molecule has 0 atom stereocenters. The second-order valence-electron chi connectivity index (χ2n) is 4.08. The Bertz CT molecular complexity index is 743. The number of hydrogen-bond acceptors (Lipinski definition) is 7. The van der Waals surface area contributed by atoms with E-state index < -0.39 is 20.6 Å². The van der Waals surface area contributed by atoms with Gasteiger partial charge in [0, 0.05) is 25.0 Å². The van der Waals surface area contributed by atoms with Gasteiger partial charge >= 0.3 is 5.69 Å². The van der Waals surface area contributed by atoms with Crippen molar-refractivity contribution in [1.82, 2.24) is 9.71 Å². The van der Waals surface area contributed by atoms with E-state index in [-0.39, 0.29) is 15.8 Å². The lowest BCUT2D eigenvalue weighted by molar-refractivity contribution is -0.383. The fourth-order valence-electron chi connectivity index (χ4n) is 1.60. The van der Waals surface area contributed by atoms with Crippen LogP contribution in [0.1, 0.15) is 5.56 Å². The van der Waals surface area contributed by atoms with Crippen molar-refractivity contribution in [3.63, 3.8) is 0 Å². The van der Waals surface area contributed by atoms with Gasteiger partial charge in [-0.15, -0.1) is 0 Å². The van der Waals surface area contributed by atoms with Gasteiger partial charge in [-0.3, -0.25) is 15.1 Å². The number of rotatable bonds is 6. The summed E-state index contributed by atoms with van der Waals surface area (Å²) in [5, 5.41) is 10.5. The molecule has 0 fully saturated rings. The first kappa shape index (κ1) is 15.4. The number of pyridine rings is 1. The zero-order chi connectivity index (χ0) is 15.5. The van der Waals surface area contributed by atoms with Gasteiger partial charge in [0.1, 0.15) is 4.21 Å². The first-order valence-corrected chi connectivity index (χ1v) is 8.12. The van der Waals surface area contributed by atoms with Crippen molar-refractivity contribution in [2.75, 3.05) is 12.3 Å². The van der Waals surface area contributed by atoms with Gasteiger partial charge in [-0.25, -0.2) is 13.1 Å². The Kier molecular flexibility index (Phi) is 4.50. The molecule has 3 N–H and O–H groups in total. The van der Waals surface area contributed by atoms with Gasteiger partial charge in [0.05, 0.1) is 4.92 Å². The van der Waals surface area contributed by atoms with E-state index in [0.29, 0.717) is 17.8 Å². The van der Waals surface area contributed by atoms with Crippen molar-refractivity contribution >= 4 is 32.0 Å². The molecular weight excluding hydrogens is 316 g/mol. The average molecular weight is 328 g/mol. The molecule has 112 valence electrons. The number of hydrogen-bond donors (Lipinski definition) is 2. The number of nitrogens with one attached hydrogen (secondary N) is 1. The van der Waals surface area contributed by atoms with Crippen LogP contribution in [0.15, 0.2) is 34.8 Å². The van der Waals surface area contributed by atoms with Crippen molar-refractivity contribution in [2.24, 2.45) is 0 Å². The maximum atomic E-state index is 12.0. The zero-order valence-electron chi connectivity index (χ0n) is 10.7. The second kappa shape index (κ2) is 6.16. The largest absolute Gasteiger partial charge is 0.385 e. The van der Waals surface area contributed by atoms with Gasteiger partial charge in [0.15, 0.2) is 5.00 Å². The predicted octanol–water partition coefficient (Wildman–Crippen LogP) is 1.15. The molecule has 0 aliphatic heterocycles. The molecule has 0 unspecified atom stereocenters. The number of nitrogen functional groups attached to an aromatic ring is 1. The smallest absolute Gasteiger partial charge is 0.304 e. The van der Waals surface area contributed by atoms with Crippen LogP contribution in [-0.2, 0) is 16.4 Å². The maximum Gasteiger partial charge on any atom is 0.304 e. The topological polar surface area (TPSA) is 128 Å². The lowest BCUT2D eigenvalue weighted by Crippen LogP contribution is -2.25. The van der Waals surface area contributed by atoms with E-state index >= 15 is 0 Å². The fraction of sp³-hybridized carbons (Fsp3) is 0.182. The van der Waals surface area contributed by atoms with Gasteiger partial charge < -0.3 is 5.73 Å². The molecule has 10 heteroatoms. The van der Waals surface area contributed by atoms with Crippen molar-refractivity contribution in [2.45, 2.75) is 10.6 Å². The molecule has 0 radical (unpaired) electrons. The summed E-state index contributed by atoms with van der Waals surface area (Å²) in [6.45, 7) is 0.179. The van der Waals surface area contributed by atoms with Gasteiger partial charge in [-0.2, -0.15) is 0 Å². The van der Waals surface area contributed by atoms with E-state index in [1.54, 1.807) is 24.5 Å². The Balaban J connectivity index is 2.05. The van der Waals surface area contributed by atoms with Crippen LogP contribution >= 0.6 is 11.3 Å². The highest BCUT2D eigenvalue weighted by molar-refractivity contribution is 7.91. The lowest BCUT2D eigenvalue weighted by atomic mass is 10.2. The molecule has 8 nitrogen and oxygen atoms in total. The van der Waals surface area contributed by atoms with Gasteiger partial charge in [0.2, 0.25) is 10.0 Å². The van der Waals surface area contributed by atoms with Crippen LogP contribution in [-0.4, -0.2) is 24.9 Å². The minimum Gasteiger partial charge on any atom is -0.385 e. The van der Waals surface area contributed by atoms with Crippen LogP contribution in [0.2, 0.25) is 0 Å². The highest BCUT2D eigenvalue weighted by atomic mass is 32.2.